The van der Waals surface area contributed by atoms with Gasteiger partial charge >= 0.3 is 11.9 Å². The lowest BCUT2D eigenvalue weighted by atomic mass is 9.96. The molecule has 0 aliphatic carbocycles. The molecule has 0 unspecified atom stereocenters. The standard InChI is InChI=1S/C39H35ClF2N2O6/c1-23(2)38(47)49-18-16-43-32-15-12-28(40)22-30(32)37(46)34-31(41)14-11-27(35(34)42)21-25(4)39(48)50-19-17-44-33-20-24(3)10-13-29(33)36(45)26-8-6-5-7-9-26/h5-15,20,22,43-44H,1,4,16-19,21H2,2-3H3. The summed E-state index contributed by atoms with van der Waals surface area (Å²) in [4.78, 5) is 51.0. The summed E-state index contributed by atoms with van der Waals surface area (Å²) in [5, 5.41) is 6.19. The Morgan fingerprint density at radius 2 is 1.42 bits per heavy atom. The fourth-order valence-electron chi connectivity index (χ4n) is 4.87. The number of carbonyl (C=O) groups excluding carboxylic acids is 4. The molecule has 0 aromatic heterocycles. The number of ether oxygens (including phenoxy) is 2. The second-order valence-corrected chi connectivity index (χ2v) is 11.8. The van der Waals surface area contributed by atoms with Crippen LogP contribution in [0.1, 0.15) is 49.9 Å². The number of ketones is 2. The first-order valence-electron chi connectivity index (χ1n) is 15.5. The zero-order chi connectivity index (χ0) is 36.4. The summed E-state index contributed by atoms with van der Waals surface area (Å²) in [6.07, 6.45) is -0.360. The fourth-order valence-corrected chi connectivity index (χ4v) is 5.04. The molecule has 0 saturated heterocycles. The smallest absolute Gasteiger partial charge is 0.333 e. The molecule has 0 atom stereocenters. The molecule has 258 valence electrons. The van der Waals surface area contributed by atoms with Crippen LogP contribution in [0.5, 0.6) is 0 Å². The highest BCUT2D eigenvalue weighted by Crippen LogP contribution is 2.28. The molecule has 0 aliphatic rings. The molecule has 0 aliphatic heterocycles. The monoisotopic (exact) mass is 700 g/mol. The van der Waals surface area contributed by atoms with Crippen molar-refractivity contribution in [2.75, 3.05) is 36.9 Å². The average molecular weight is 701 g/mol. The van der Waals surface area contributed by atoms with Gasteiger partial charge in [0.1, 0.15) is 24.8 Å². The molecular weight excluding hydrogens is 666 g/mol. The fraction of sp³-hybridized carbons (Fsp3) is 0.179. The van der Waals surface area contributed by atoms with Gasteiger partial charge in [0.15, 0.2) is 5.78 Å². The number of carbonyl (C=O) groups is 4. The van der Waals surface area contributed by atoms with Crippen molar-refractivity contribution >= 4 is 46.5 Å². The largest absolute Gasteiger partial charge is 0.460 e. The van der Waals surface area contributed by atoms with Crippen molar-refractivity contribution in [3.05, 3.63) is 153 Å². The maximum Gasteiger partial charge on any atom is 0.333 e. The highest BCUT2D eigenvalue weighted by molar-refractivity contribution is 6.31. The summed E-state index contributed by atoms with van der Waals surface area (Å²) < 4.78 is 41.1. The molecule has 8 nitrogen and oxygen atoms in total. The molecule has 2 N–H and O–H groups in total. The first kappa shape index (κ1) is 37.2. The third-order valence-electron chi connectivity index (χ3n) is 7.42. The zero-order valence-corrected chi connectivity index (χ0v) is 28.3. The molecule has 50 heavy (non-hydrogen) atoms. The number of halogens is 3. The second-order valence-electron chi connectivity index (χ2n) is 11.3. The number of hydrogen-bond acceptors (Lipinski definition) is 8. The van der Waals surface area contributed by atoms with E-state index in [0.717, 1.165) is 17.7 Å². The molecule has 4 aromatic rings. The van der Waals surface area contributed by atoms with Crippen molar-refractivity contribution in [2.24, 2.45) is 0 Å². The summed E-state index contributed by atoms with van der Waals surface area (Å²) in [5.41, 5.74) is 1.67. The molecule has 4 aromatic carbocycles. The van der Waals surface area contributed by atoms with Gasteiger partial charge in [-0.2, -0.15) is 0 Å². The third-order valence-corrected chi connectivity index (χ3v) is 7.66. The molecule has 0 bridgehead atoms. The van der Waals surface area contributed by atoms with Gasteiger partial charge in [0, 0.05) is 63.7 Å². The summed E-state index contributed by atoms with van der Waals surface area (Å²) in [7, 11) is 0. The van der Waals surface area contributed by atoms with E-state index in [9.17, 15) is 23.6 Å². The molecule has 0 spiro atoms. The van der Waals surface area contributed by atoms with E-state index in [4.69, 9.17) is 21.1 Å². The number of rotatable bonds is 16. The number of benzene rings is 4. The number of anilines is 2. The van der Waals surface area contributed by atoms with Crippen LogP contribution in [0.4, 0.5) is 20.2 Å². The molecule has 0 amide bonds. The van der Waals surface area contributed by atoms with Crippen LogP contribution in [-0.4, -0.2) is 49.8 Å². The van der Waals surface area contributed by atoms with E-state index >= 15 is 4.39 Å². The van der Waals surface area contributed by atoms with Crippen molar-refractivity contribution in [1.29, 1.82) is 0 Å². The van der Waals surface area contributed by atoms with Crippen molar-refractivity contribution in [3.63, 3.8) is 0 Å². The van der Waals surface area contributed by atoms with Crippen molar-refractivity contribution in [3.8, 4) is 0 Å². The molecule has 0 fully saturated rings. The van der Waals surface area contributed by atoms with E-state index in [1.807, 2.05) is 25.1 Å². The van der Waals surface area contributed by atoms with Gasteiger partial charge in [0.25, 0.3) is 0 Å². The Labute approximate surface area is 293 Å². The predicted octanol–water partition coefficient (Wildman–Crippen LogP) is 7.67. The van der Waals surface area contributed by atoms with E-state index in [1.165, 1.54) is 25.1 Å². The number of aryl methyl sites for hydroxylation is 1. The Bertz CT molecular complexity index is 1960. The van der Waals surface area contributed by atoms with Crippen molar-refractivity contribution in [1.82, 2.24) is 0 Å². The minimum Gasteiger partial charge on any atom is -0.460 e. The van der Waals surface area contributed by atoms with Crippen molar-refractivity contribution < 1.29 is 37.4 Å². The van der Waals surface area contributed by atoms with Crippen LogP contribution >= 0.6 is 11.6 Å². The molecule has 0 saturated carbocycles. The maximum absolute atomic E-state index is 15.7. The van der Waals surface area contributed by atoms with Crippen LogP contribution in [0.25, 0.3) is 0 Å². The highest BCUT2D eigenvalue weighted by atomic mass is 35.5. The van der Waals surface area contributed by atoms with Gasteiger partial charge < -0.3 is 20.1 Å². The normalized spacial score (nSPS) is 10.6. The van der Waals surface area contributed by atoms with E-state index in [-0.39, 0.29) is 71.5 Å². The van der Waals surface area contributed by atoms with Gasteiger partial charge in [-0.05, 0) is 61.4 Å². The molecule has 4 rings (SSSR count). The lowest BCUT2D eigenvalue weighted by molar-refractivity contribution is -0.139. The topological polar surface area (TPSA) is 111 Å². The van der Waals surface area contributed by atoms with Crippen LogP contribution in [0.3, 0.4) is 0 Å². The second kappa shape index (κ2) is 17.2. The van der Waals surface area contributed by atoms with Crippen LogP contribution in [-0.2, 0) is 25.5 Å². The Balaban J connectivity index is 1.39. The molecule has 0 radical (unpaired) electrons. The van der Waals surface area contributed by atoms with E-state index in [0.29, 0.717) is 16.8 Å². The minimum atomic E-state index is -1.16. The van der Waals surface area contributed by atoms with Crippen LogP contribution in [0.15, 0.2) is 103 Å². The maximum atomic E-state index is 15.7. The molecule has 11 heteroatoms. The predicted molar refractivity (Wildman–Crippen MR) is 189 cm³/mol. The van der Waals surface area contributed by atoms with Crippen molar-refractivity contribution in [2.45, 2.75) is 20.3 Å². The zero-order valence-electron chi connectivity index (χ0n) is 27.5. The minimum absolute atomic E-state index is 0.0602. The lowest BCUT2D eigenvalue weighted by Gasteiger charge is -2.15. The number of nitrogens with one attached hydrogen (secondary N) is 2. The van der Waals surface area contributed by atoms with Crippen LogP contribution in [0.2, 0.25) is 5.02 Å². The Morgan fingerprint density at radius 1 is 0.760 bits per heavy atom. The lowest BCUT2D eigenvalue weighted by Crippen LogP contribution is -2.18. The Morgan fingerprint density at radius 3 is 2.10 bits per heavy atom. The van der Waals surface area contributed by atoms with Crippen LogP contribution in [0, 0.1) is 18.6 Å². The van der Waals surface area contributed by atoms with Gasteiger partial charge in [-0.15, -0.1) is 0 Å². The SMILES string of the molecule is C=C(C)C(=O)OCCNc1ccc(Cl)cc1C(=O)c1c(F)ccc(CC(=C)C(=O)OCCNc2cc(C)ccc2C(=O)c2ccccc2)c1F. The first-order chi connectivity index (χ1) is 23.9. The quantitative estimate of drug-likeness (QED) is 0.0530. The Kier molecular flexibility index (Phi) is 12.8. The molecular formula is C39H35ClF2N2O6. The van der Waals surface area contributed by atoms with Crippen LogP contribution < -0.4 is 10.6 Å². The van der Waals surface area contributed by atoms with E-state index in [1.54, 1.807) is 30.3 Å². The number of hydrogen-bond donors (Lipinski definition) is 2. The summed E-state index contributed by atoms with van der Waals surface area (Å²) in [6, 6.07) is 20.5. The van der Waals surface area contributed by atoms with E-state index < -0.39 is 34.9 Å². The molecule has 0 heterocycles. The van der Waals surface area contributed by atoms with Gasteiger partial charge in [0.05, 0.1) is 5.56 Å². The summed E-state index contributed by atoms with van der Waals surface area (Å²) in [5.74, 6) is -4.84. The third kappa shape index (κ3) is 9.51. The van der Waals surface area contributed by atoms with Gasteiger partial charge in [-0.25, -0.2) is 18.4 Å². The number of esters is 2. The Hall–Kier alpha value is -5.61. The highest BCUT2D eigenvalue weighted by Gasteiger charge is 2.25. The van der Waals surface area contributed by atoms with Gasteiger partial charge in [-0.3, -0.25) is 9.59 Å². The summed E-state index contributed by atoms with van der Waals surface area (Å²) in [6.45, 7) is 10.7. The first-order valence-corrected chi connectivity index (χ1v) is 15.9. The van der Waals surface area contributed by atoms with Gasteiger partial charge in [-0.1, -0.05) is 67.2 Å². The van der Waals surface area contributed by atoms with E-state index in [2.05, 4.69) is 23.8 Å². The van der Waals surface area contributed by atoms with Gasteiger partial charge in [0.2, 0.25) is 5.78 Å². The summed E-state index contributed by atoms with van der Waals surface area (Å²) >= 11 is 6.11. The average Bonchev–Trinajstić information content (AvgIpc) is 3.10.